The van der Waals surface area contributed by atoms with Gasteiger partial charge in [0.25, 0.3) is 0 Å². The number of benzene rings is 3. The van der Waals surface area contributed by atoms with E-state index in [2.05, 4.69) is 58.0 Å². The van der Waals surface area contributed by atoms with Crippen molar-refractivity contribution in [3.8, 4) is 11.5 Å². The van der Waals surface area contributed by atoms with Gasteiger partial charge >= 0.3 is 0 Å². The highest BCUT2D eigenvalue weighted by Gasteiger charge is 2.25. The van der Waals surface area contributed by atoms with Crippen LogP contribution in [0.15, 0.2) is 42.5 Å². The molecule has 0 aliphatic carbocycles. The number of aryl methyl sites for hydroxylation is 5. The summed E-state index contributed by atoms with van der Waals surface area (Å²) >= 11 is 0. The first-order valence-corrected chi connectivity index (χ1v) is 12.6. The van der Waals surface area contributed by atoms with Crippen LogP contribution >= 0.6 is 7.47 Å². The van der Waals surface area contributed by atoms with Crippen LogP contribution in [0.4, 0.5) is 0 Å². The molecule has 2 nitrogen and oxygen atoms in total. The summed E-state index contributed by atoms with van der Waals surface area (Å²) in [6, 6.07) is 14.6. The lowest BCUT2D eigenvalue weighted by Crippen LogP contribution is -2.27. The standard InChI is InChI=1S/C24H27O2PSi/c1-14-10-17(4)23(25)20(12-14)27(21-13-15(2)11-18(5)24(21)26)28-22-9-7-8-16(3)19(22)6/h7-13,25-26H,1-6H3. The summed E-state index contributed by atoms with van der Waals surface area (Å²) in [5.74, 6) is 0.709. The van der Waals surface area contributed by atoms with Gasteiger partial charge in [-0.05, 0) is 94.5 Å². The van der Waals surface area contributed by atoms with Crippen LogP contribution in [0.3, 0.4) is 0 Å². The van der Waals surface area contributed by atoms with Gasteiger partial charge in [0.2, 0.25) is 0 Å². The van der Waals surface area contributed by atoms with Crippen LogP contribution in [0.1, 0.15) is 33.4 Å². The summed E-state index contributed by atoms with van der Waals surface area (Å²) in [5, 5.41) is 25.0. The smallest absolute Gasteiger partial charge is 0.128 e. The molecule has 0 spiro atoms. The fourth-order valence-electron chi connectivity index (χ4n) is 3.46. The highest BCUT2D eigenvalue weighted by atomic mass is 31.4. The molecule has 0 saturated carbocycles. The second-order valence-electron chi connectivity index (χ2n) is 7.59. The molecule has 0 fully saturated rings. The Bertz CT molecular complexity index is 986. The van der Waals surface area contributed by atoms with Crippen molar-refractivity contribution in [1.29, 1.82) is 0 Å². The van der Waals surface area contributed by atoms with Crippen LogP contribution < -0.4 is 15.8 Å². The molecule has 0 aromatic heterocycles. The Kier molecular flexibility index (Phi) is 5.97. The van der Waals surface area contributed by atoms with Crippen molar-refractivity contribution in [2.75, 3.05) is 0 Å². The number of phenolic OH excluding ortho intramolecular Hbond substituents is 2. The highest BCUT2D eigenvalue weighted by molar-refractivity contribution is 7.99. The summed E-state index contributed by atoms with van der Waals surface area (Å²) in [5.41, 5.74) is 6.60. The van der Waals surface area contributed by atoms with E-state index in [1.54, 1.807) is 0 Å². The van der Waals surface area contributed by atoms with Gasteiger partial charge in [0.05, 0.1) is 0 Å². The number of hydrogen-bond donors (Lipinski definition) is 2. The number of hydrogen-bond acceptors (Lipinski definition) is 2. The molecule has 0 atom stereocenters. The average Bonchev–Trinajstić information content (AvgIpc) is 2.63. The summed E-state index contributed by atoms with van der Waals surface area (Å²) in [4.78, 5) is 0. The number of phenols is 2. The van der Waals surface area contributed by atoms with Gasteiger partial charge in [-0.2, -0.15) is 0 Å². The van der Waals surface area contributed by atoms with Gasteiger partial charge in [0, 0.05) is 10.6 Å². The number of rotatable bonds is 4. The zero-order valence-corrected chi connectivity index (χ0v) is 19.3. The van der Waals surface area contributed by atoms with E-state index in [9.17, 15) is 10.2 Å². The Morgan fingerprint density at radius 3 is 1.68 bits per heavy atom. The van der Waals surface area contributed by atoms with Crippen molar-refractivity contribution < 1.29 is 10.2 Å². The molecule has 0 bridgehead atoms. The molecule has 4 heteroatoms. The second kappa shape index (κ2) is 8.11. The van der Waals surface area contributed by atoms with Gasteiger partial charge in [-0.1, -0.05) is 35.5 Å². The topological polar surface area (TPSA) is 40.5 Å². The molecule has 0 heterocycles. The predicted molar refractivity (Wildman–Crippen MR) is 123 cm³/mol. The first kappa shape index (κ1) is 20.6. The molecular weight excluding hydrogens is 379 g/mol. The van der Waals surface area contributed by atoms with Crippen LogP contribution in [0, 0.1) is 41.5 Å². The molecule has 3 aromatic carbocycles. The van der Waals surface area contributed by atoms with E-state index in [4.69, 9.17) is 0 Å². The molecule has 0 unspecified atom stereocenters. The minimum Gasteiger partial charge on any atom is -0.507 e. The minimum atomic E-state index is -0.934. The summed E-state index contributed by atoms with van der Waals surface area (Å²) in [6.07, 6.45) is 0. The molecule has 0 amide bonds. The third-order valence-electron chi connectivity index (χ3n) is 5.17. The zero-order valence-electron chi connectivity index (χ0n) is 17.4. The van der Waals surface area contributed by atoms with Gasteiger partial charge in [-0.25, -0.2) is 0 Å². The van der Waals surface area contributed by atoms with E-state index in [0.29, 0.717) is 20.7 Å². The molecule has 3 rings (SSSR count). The van der Waals surface area contributed by atoms with Crippen molar-refractivity contribution in [2.45, 2.75) is 41.5 Å². The Hall–Kier alpha value is -2.09. The van der Waals surface area contributed by atoms with Crippen molar-refractivity contribution in [3.05, 3.63) is 75.8 Å². The minimum absolute atomic E-state index is 0.355. The fourth-order valence-corrected chi connectivity index (χ4v) is 9.37. The highest BCUT2D eigenvalue weighted by Crippen LogP contribution is 2.40. The lowest BCUT2D eigenvalue weighted by molar-refractivity contribution is 0.475. The largest absolute Gasteiger partial charge is 0.507 e. The third kappa shape index (κ3) is 4.01. The van der Waals surface area contributed by atoms with E-state index in [1.807, 2.05) is 26.0 Å². The summed E-state index contributed by atoms with van der Waals surface area (Å²) < 4.78 is 0. The Labute approximate surface area is 171 Å². The predicted octanol–water partition coefficient (Wildman–Crippen LogP) is 4.33. The fraction of sp³-hybridized carbons (Fsp3) is 0.250. The van der Waals surface area contributed by atoms with Gasteiger partial charge < -0.3 is 10.2 Å². The Morgan fingerprint density at radius 2 is 1.18 bits per heavy atom. The second-order valence-corrected chi connectivity index (χ2v) is 12.0. The van der Waals surface area contributed by atoms with E-state index in [0.717, 1.165) is 32.9 Å². The SMILES string of the molecule is Cc1cc(C)c(O)c(P([Si]c2cccc(C)c2C)c2cc(C)cc(C)c2O)c1. The molecule has 0 aliphatic rings. The lowest BCUT2D eigenvalue weighted by Gasteiger charge is -2.24. The normalized spacial score (nSPS) is 11.2. The molecule has 2 radical (unpaired) electrons. The van der Waals surface area contributed by atoms with Crippen molar-refractivity contribution in [3.63, 3.8) is 0 Å². The Balaban J connectivity index is 2.25. The van der Waals surface area contributed by atoms with Gasteiger partial charge in [0.15, 0.2) is 0 Å². The maximum atomic E-state index is 10.9. The van der Waals surface area contributed by atoms with E-state index in [1.165, 1.54) is 16.3 Å². The van der Waals surface area contributed by atoms with Crippen molar-refractivity contribution in [2.24, 2.45) is 0 Å². The molecule has 0 aliphatic heterocycles. The molecule has 3 aromatic rings. The average molecular weight is 407 g/mol. The lowest BCUT2D eigenvalue weighted by atomic mass is 10.1. The van der Waals surface area contributed by atoms with Crippen molar-refractivity contribution in [1.82, 2.24) is 0 Å². The summed E-state index contributed by atoms with van der Waals surface area (Å²) in [6.45, 7) is 12.3. The number of aromatic hydroxyl groups is 2. The van der Waals surface area contributed by atoms with Crippen LogP contribution in [0.25, 0.3) is 0 Å². The Morgan fingerprint density at radius 1 is 0.679 bits per heavy atom. The maximum absolute atomic E-state index is 10.9. The van der Waals surface area contributed by atoms with Crippen LogP contribution in [0.5, 0.6) is 11.5 Å². The van der Waals surface area contributed by atoms with Crippen LogP contribution in [-0.4, -0.2) is 19.4 Å². The zero-order chi connectivity index (χ0) is 20.6. The first-order chi connectivity index (χ1) is 13.2. The molecular formula is C24H27O2PSi. The third-order valence-corrected chi connectivity index (χ3v) is 10.7. The van der Waals surface area contributed by atoms with Gasteiger partial charge in [-0.15, -0.1) is 0 Å². The van der Waals surface area contributed by atoms with E-state index >= 15 is 0 Å². The molecule has 0 saturated heterocycles. The maximum Gasteiger partial charge on any atom is 0.128 e. The quantitative estimate of drug-likeness (QED) is 0.500. The van der Waals surface area contributed by atoms with Gasteiger partial charge in [-0.3, -0.25) is 0 Å². The van der Waals surface area contributed by atoms with Gasteiger partial charge in [0.1, 0.15) is 20.7 Å². The monoisotopic (exact) mass is 406 g/mol. The van der Waals surface area contributed by atoms with E-state index in [-0.39, 0.29) is 0 Å². The first-order valence-electron chi connectivity index (χ1n) is 9.42. The van der Waals surface area contributed by atoms with Crippen molar-refractivity contribution >= 4 is 32.5 Å². The molecule has 28 heavy (non-hydrogen) atoms. The van der Waals surface area contributed by atoms with Crippen LogP contribution in [-0.2, 0) is 0 Å². The van der Waals surface area contributed by atoms with E-state index < -0.39 is 7.47 Å². The molecule has 144 valence electrons. The van der Waals surface area contributed by atoms with Crippen LogP contribution in [0.2, 0.25) is 0 Å². The summed E-state index contributed by atoms with van der Waals surface area (Å²) in [7, 11) is -0.466. The molecule has 2 N–H and O–H groups in total.